The molecule has 0 N–H and O–H groups in total. The Labute approximate surface area is 91.4 Å². The van der Waals surface area contributed by atoms with Gasteiger partial charge >= 0.3 is 0 Å². The van der Waals surface area contributed by atoms with Crippen molar-refractivity contribution in [2.45, 2.75) is 13.8 Å². The first-order valence-corrected chi connectivity index (χ1v) is 5.03. The molecule has 0 spiro atoms. The first kappa shape index (κ1) is 11.4. The summed E-state index contributed by atoms with van der Waals surface area (Å²) in [5.74, 6) is 6.49. The summed E-state index contributed by atoms with van der Waals surface area (Å²) in [6.45, 7) is 12.0. The van der Waals surface area contributed by atoms with E-state index in [2.05, 4.69) is 38.8 Å². The predicted octanol–water partition coefficient (Wildman–Crippen LogP) is 1.43. The molecule has 1 aromatic rings. The van der Waals surface area contributed by atoms with Gasteiger partial charge in [-0.2, -0.15) is 0 Å². The van der Waals surface area contributed by atoms with Crippen LogP contribution >= 0.6 is 0 Å². The quantitative estimate of drug-likeness (QED) is 0.603. The second-order valence-corrected chi connectivity index (χ2v) is 3.92. The molecule has 0 saturated carbocycles. The second-order valence-electron chi connectivity index (χ2n) is 3.92. The monoisotopic (exact) mass is 199 g/mol. The van der Waals surface area contributed by atoms with Gasteiger partial charge in [0.2, 0.25) is 0 Å². The smallest absolute Gasteiger partial charge is 0.0405 e. The van der Waals surface area contributed by atoms with Crippen LogP contribution in [0, 0.1) is 17.8 Å². The van der Waals surface area contributed by atoms with E-state index in [1.165, 1.54) is 0 Å². The van der Waals surface area contributed by atoms with Crippen molar-refractivity contribution in [1.82, 2.24) is 4.57 Å². The van der Waals surface area contributed by atoms with Gasteiger partial charge in [0.1, 0.15) is 0 Å². The summed E-state index contributed by atoms with van der Waals surface area (Å²) in [5.41, 5.74) is 0.833. The van der Waals surface area contributed by atoms with E-state index in [-0.39, 0.29) is 0 Å². The molecule has 0 radical (unpaired) electrons. The lowest BCUT2D eigenvalue weighted by molar-refractivity contribution is 0.867. The number of allylic oxidation sites excluding steroid dienone is 1. The van der Waals surface area contributed by atoms with Crippen LogP contribution in [0.2, 0.25) is 0 Å². The molecule has 15 heavy (non-hydrogen) atoms. The second kappa shape index (κ2) is 4.70. The Kier molecular flexibility index (Phi) is 3.57. The molecular weight excluding hydrogens is 182 g/mol. The van der Waals surface area contributed by atoms with Crippen molar-refractivity contribution >= 4 is 12.7 Å². The maximum atomic E-state index is 3.97. The summed E-state index contributed by atoms with van der Waals surface area (Å²) < 4.78 is 1.98. The van der Waals surface area contributed by atoms with Crippen molar-refractivity contribution in [3.05, 3.63) is 35.0 Å². The van der Waals surface area contributed by atoms with Crippen LogP contribution in [0.5, 0.6) is 0 Å². The van der Waals surface area contributed by atoms with Crippen LogP contribution < -0.4 is 10.6 Å². The molecule has 1 rings (SSSR count). The predicted molar refractivity (Wildman–Crippen MR) is 66.4 cm³/mol. The summed E-state index contributed by atoms with van der Waals surface area (Å²) in [6, 6.07) is 2.02. The fourth-order valence-electron chi connectivity index (χ4n) is 1.17. The highest BCUT2D eigenvalue weighted by molar-refractivity contribution is 5.55. The summed E-state index contributed by atoms with van der Waals surface area (Å²) in [4.78, 5) is 0. The van der Waals surface area contributed by atoms with Crippen LogP contribution in [0.25, 0.3) is 12.7 Å². The van der Waals surface area contributed by atoms with Crippen LogP contribution in [0.4, 0.5) is 0 Å². The van der Waals surface area contributed by atoms with Crippen LogP contribution in [0.15, 0.2) is 24.4 Å². The number of hydrogen-bond donors (Lipinski definition) is 0. The number of aromatic nitrogens is 1. The lowest BCUT2D eigenvalue weighted by Crippen LogP contribution is -2.25. The van der Waals surface area contributed by atoms with Gasteiger partial charge in [-0.3, -0.25) is 0 Å². The molecule has 1 heterocycles. The number of aryl methyl sites for hydroxylation is 1. The highest BCUT2D eigenvalue weighted by atomic mass is 14.9. The standard InChI is InChI=1S/C14H17N/c1-11(2)6-7-12(3)10-14-8-9-15(5)13(14)4/h8-11H,3-4H2,1-2,5H3/b14-10-. The van der Waals surface area contributed by atoms with Crippen molar-refractivity contribution in [2.24, 2.45) is 13.0 Å². The van der Waals surface area contributed by atoms with Crippen molar-refractivity contribution in [2.75, 3.05) is 0 Å². The lowest BCUT2D eigenvalue weighted by atomic mass is 10.2. The van der Waals surface area contributed by atoms with E-state index >= 15 is 0 Å². The highest BCUT2D eigenvalue weighted by Crippen LogP contribution is 1.92. The van der Waals surface area contributed by atoms with E-state index in [0.29, 0.717) is 5.92 Å². The molecule has 0 aliphatic carbocycles. The first-order valence-electron chi connectivity index (χ1n) is 5.03. The third kappa shape index (κ3) is 3.18. The molecule has 0 atom stereocenters. The van der Waals surface area contributed by atoms with Crippen molar-refractivity contribution in [3.63, 3.8) is 0 Å². The molecular formula is C14H17N. The molecule has 0 amide bonds. The Morgan fingerprint density at radius 3 is 2.67 bits per heavy atom. The zero-order valence-corrected chi connectivity index (χ0v) is 9.67. The molecule has 78 valence electrons. The average molecular weight is 199 g/mol. The minimum absolute atomic E-state index is 0.380. The summed E-state index contributed by atoms with van der Waals surface area (Å²) in [5, 5.41) is 2.07. The first-order chi connectivity index (χ1) is 7.00. The minimum atomic E-state index is 0.380. The summed E-state index contributed by atoms with van der Waals surface area (Å²) in [7, 11) is 1.97. The van der Waals surface area contributed by atoms with Gasteiger partial charge in [-0.1, -0.05) is 38.8 Å². The zero-order valence-electron chi connectivity index (χ0n) is 9.67. The topological polar surface area (TPSA) is 4.93 Å². The van der Waals surface area contributed by atoms with Gasteiger partial charge in [0.25, 0.3) is 0 Å². The largest absolute Gasteiger partial charge is 0.351 e. The molecule has 0 aromatic carbocycles. The molecule has 0 fully saturated rings. The Balaban J connectivity index is 3.01. The van der Waals surface area contributed by atoms with E-state index in [0.717, 1.165) is 16.1 Å². The van der Waals surface area contributed by atoms with E-state index in [4.69, 9.17) is 0 Å². The van der Waals surface area contributed by atoms with E-state index in [1.54, 1.807) is 0 Å². The van der Waals surface area contributed by atoms with Gasteiger partial charge in [-0.15, -0.1) is 0 Å². The van der Waals surface area contributed by atoms with E-state index in [1.807, 2.05) is 30.0 Å². The minimum Gasteiger partial charge on any atom is -0.351 e. The number of nitrogens with zero attached hydrogens (tertiary/aromatic N) is 1. The fourth-order valence-corrected chi connectivity index (χ4v) is 1.17. The van der Waals surface area contributed by atoms with Crippen molar-refractivity contribution in [1.29, 1.82) is 0 Å². The summed E-state index contributed by atoms with van der Waals surface area (Å²) in [6.07, 6.45) is 3.95. The number of hydrogen-bond acceptors (Lipinski definition) is 0. The molecule has 1 heteroatoms. The third-order valence-electron chi connectivity index (χ3n) is 2.09. The Hall–Kier alpha value is -1.68. The molecule has 0 saturated heterocycles. The van der Waals surface area contributed by atoms with Crippen LogP contribution in [-0.2, 0) is 7.05 Å². The average Bonchev–Trinajstić information content (AvgIpc) is 2.47. The van der Waals surface area contributed by atoms with Gasteiger partial charge in [0.05, 0.1) is 0 Å². The van der Waals surface area contributed by atoms with Gasteiger partial charge in [-0.05, 0) is 12.1 Å². The van der Waals surface area contributed by atoms with Gasteiger partial charge in [0.15, 0.2) is 0 Å². The lowest BCUT2D eigenvalue weighted by Gasteiger charge is -1.89. The molecule has 1 aromatic heterocycles. The Morgan fingerprint density at radius 1 is 1.53 bits per heavy atom. The third-order valence-corrected chi connectivity index (χ3v) is 2.09. The van der Waals surface area contributed by atoms with Crippen LogP contribution in [-0.4, -0.2) is 4.57 Å². The normalized spacial score (nSPS) is 11.3. The van der Waals surface area contributed by atoms with E-state index in [9.17, 15) is 0 Å². The van der Waals surface area contributed by atoms with Gasteiger partial charge in [-0.25, -0.2) is 0 Å². The van der Waals surface area contributed by atoms with Crippen molar-refractivity contribution < 1.29 is 0 Å². The molecule has 0 aliphatic heterocycles. The maximum Gasteiger partial charge on any atom is 0.0405 e. The fraction of sp³-hybridized carbons (Fsp3) is 0.286. The Bertz CT molecular complexity index is 518. The zero-order chi connectivity index (χ0) is 11.4. The van der Waals surface area contributed by atoms with E-state index < -0.39 is 0 Å². The maximum absolute atomic E-state index is 3.97. The molecule has 0 unspecified atom stereocenters. The van der Waals surface area contributed by atoms with Crippen molar-refractivity contribution in [3.8, 4) is 11.8 Å². The number of rotatable bonds is 1. The Morgan fingerprint density at radius 2 is 2.20 bits per heavy atom. The molecule has 1 nitrogen and oxygen atoms in total. The van der Waals surface area contributed by atoms with Gasteiger partial charge in [0, 0.05) is 35.3 Å². The van der Waals surface area contributed by atoms with Crippen LogP contribution in [0.3, 0.4) is 0 Å². The molecule has 0 aliphatic rings. The highest BCUT2D eigenvalue weighted by Gasteiger charge is 1.89. The van der Waals surface area contributed by atoms with Crippen LogP contribution in [0.1, 0.15) is 13.8 Å². The molecule has 0 bridgehead atoms. The SMILES string of the molecule is C=C(C#CC(C)C)/C=c1/ccn(C)c1=C. The summed E-state index contributed by atoms with van der Waals surface area (Å²) >= 11 is 0. The van der Waals surface area contributed by atoms with Gasteiger partial charge < -0.3 is 4.57 Å².